The third-order valence-electron chi connectivity index (χ3n) is 13.6. The van der Waals surface area contributed by atoms with E-state index in [-0.39, 0.29) is 18.6 Å². The van der Waals surface area contributed by atoms with Crippen LogP contribution in [-0.4, -0.2) is 42.8 Å². The monoisotopic (exact) mass is 954 g/mol. The number of amides is 1. The Kier molecular flexibility index (Phi) is 36.6. The van der Waals surface area contributed by atoms with Crippen molar-refractivity contribution in [2.75, 3.05) is 6.61 Å². The second-order valence-corrected chi connectivity index (χ2v) is 19.9. The van der Waals surface area contributed by atoms with Crippen molar-refractivity contribution >= 4 is 11.9 Å². The molecule has 7 nitrogen and oxygen atoms in total. The smallest absolute Gasteiger partial charge is 0.303 e. The molecule has 0 saturated carbocycles. The predicted octanol–water partition coefficient (Wildman–Crippen LogP) is 16.9. The van der Waals surface area contributed by atoms with E-state index in [9.17, 15) is 9.59 Å². The Labute approximate surface area is 422 Å². The van der Waals surface area contributed by atoms with Crippen LogP contribution >= 0.6 is 0 Å². The highest BCUT2D eigenvalue weighted by molar-refractivity contribution is 5.83. The number of hydrogen-bond acceptors (Lipinski definition) is 6. The van der Waals surface area contributed by atoms with Gasteiger partial charge < -0.3 is 24.3 Å². The van der Waals surface area contributed by atoms with Crippen LogP contribution in [-0.2, 0) is 48.4 Å². The quantitative estimate of drug-likeness (QED) is 0.0449. The number of ether oxygens (including phenoxy) is 4. The number of nitrogens with one attached hydrogen (secondary N) is 1. The first-order valence-corrected chi connectivity index (χ1v) is 28.4. The molecule has 0 aliphatic heterocycles. The Balaban J connectivity index is 1.60. The van der Waals surface area contributed by atoms with Crippen LogP contribution in [0.5, 0.6) is 0 Å². The summed E-state index contributed by atoms with van der Waals surface area (Å²) in [7, 11) is 0. The summed E-state index contributed by atoms with van der Waals surface area (Å²) in [5.41, 5.74) is 3.18. The van der Waals surface area contributed by atoms with Gasteiger partial charge >= 0.3 is 5.97 Å². The number of rotatable bonds is 46. The Hall–Kier alpha value is -3.52. The lowest BCUT2D eigenvalue weighted by molar-refractivity contribution is -0.156. The molecule has 0 spiro atoms. The van der Waals surface area contributed by atoms with Crippen LogP contribution in [0.3, 0.4) is 0 Å². The van der Waals surface area contributed by atoms with E-state index in [2.05, 4.69) is 43.4 Å². The zero-order chi connectivity index (χ0) is 49.1. The summed E-state index contributed by atoms with van der Waals surface area (Å²) >= 11 is 0. The summed E-state index contributed by atoms with van der Waals surface area (Å²) in [5, 5.41) is 3.32. The van der Waals surface area contributed by atoms with E-state index in [0.29, 0.717) is 26.2 Å². The van der Waals surface area contributed by atoms with Gasteiger partial charge in [0.2, 0.25) is 0 Å². The van der Waals surface area contributed by atoms with Gasteiger partial charge in [0, 0.05) is 6.92 Å². The van der Waals surface area contributed by atoms with Crippen LogP contribution in [0.1, 0.15) is 237 Å². The minimum Gasteiger partial charge on any atom is -0.452 e. The molecule has 0 aromatic heterocycles. The fraction of sp³-hybridized carbons (Fsp3) is 0.677. The fourth-order valence-corrected chi connectivity index (χ4v) is 9.43. The maximum absolute atomic E-state index is 14.4. The first kappa shape index (κ1) is 59.8. The van der Waals surface area contributed by atoms with Crippen LogP contribution in [0.2, 0.25) is 0 Å². The molecule has 3 aromatic rings. The number of carbonyl (C=O) groups is 2. The second-order valence-electron chi connectivity index (χ2n) is 19.9. The molecular formula is C62H99NO6. The van der Waals surface area contributed by atoms with Gasteiger partial charge in [0.25, 0.3) is 5.91 Å². The molecule has 4 atom stereocenters. The van der Waals surface area contributed by atoms with E-state index < -0.39 is 24.2 Å². The summed E-state index contributed by atoms with van der Waals surface area (Å²) < 4.78 is 26.0. The molecule has 3 aromatic carbocycles. The number of hydrogen-bond donors (Lipinski definition) is 1. The second kappa shape index (κ2) is 42.2. The maximum atomic E-state index is 14.4. The molecular weight excluding hydrogens is 855 g/mol. The molecule has 1 amide bonds. The lowest BCUT2D eigenvalue weighted by Crippen LogP contribution is -2.55. The molecule has 0 saturated heterocycles. The van der Waals surface area contributed by atoms with E-state index in [1.807, 2.05) is 66.7 Å². The van der Waals surface area contributed by atoms with Gasteiger partial charge in [0.1, 0.15) is 6.10 Å². The van der Waals surface area contributed by atoms with E-state index in [0.717, 1.165) is 55.2 Å². The van der Waals surface area contributed by atoms with Crippen molar-refractivity contribution in [3.8, 4) is 0 Å². The minimum atomic E-state index is -0.898. The van der Waals surface area contributed by atoms with E-state index in [1.54, 1.807) is 0 Å². The van der Waals surface area contributed by atoms with Gasteiger partial charge in [-0.15, -0.1) is 0 Å². The molecule has 0 fully saturated rings. The van der Waals surface area contributed by atoms with E-state index >= 15 is 0 Å². The standard InChI is InChI=1S/C62H99NO6/c1-4-6-8-10-12-14-15-16-17-18-19-20-21-22-23-24-26-28-30-41-49-60(69-54(3)64)62(65)63-58(53-66-50-55-42-34-31-35-43-55)61(68-52-57-46-38-33-39-47-57)59(67-51-56-44-36-32-37-45-56)48-40-29-27-25-13-11-9-7-5-2/h31-39,42-47,58-61H,4-30,40-41,48-53H2,1-3H3,(H,63,65)/t58-,59+,60+,61-/m0/s1. The number of benzene rings is 3. The number of carbonyl (C=O) groups excluding carboxylic acids is 2. The van der Waals surface area contributed by atoms with Crippen molar-refractivity contribution in [2.45, 2.75) is 264 Å². The van der Waals surface area contributed by atoms with Gasteiger partial charge in [-0.25, -0.2) is 0 Å². The summed E-state index contributed by atoms with van der Waals surface area (Å²) in [4.78, 5) is 26.9. The molecule has 0 radical (unpaired) electrons. The summed E-state index contributed by atoms with van der Waals surface area (Å²) in [6.07, 6.45) is 36.7. The summed E-state index contributed by atoms with van der Waals surface area (Å²) in [5.74, 6) is -0.763. The SMILES string of the molecule is CCCCCCCCCCCCCCCCCCCCCC[C@@H](OC(C)=O)C(=O)N[C@@H](COCc1ccccc1)[C@H](OCc1ccccc1)[C@@H](CCCCCCCCCCC)OCc1ccccc1. The molecule has 69 heavy (non-hydrogen) atoms. The molecule has 0 heterocycles. The third-order valence-corrected chi connectivity index (χ3v) is 13.6. The van der Waals surface area contributed by atoms with Crippen molar-refractivity contribution in [2.24, 2.45) is 0 Å². The topological polar surface area (TPSA) is 83.1 Å². The van der Waals surface area contributed by atoms with Crippen molar-refractivity contribution in [3.63, 3.8) is 0 Å². The van der Waals surface area contributed by atoms with Crippen molar-refractivity contribution in [1.82, 2.24) is 5.32 Å². The first-order valence-electron chi connectivity index (χ1n) is 28.4. The minimum absolute atomic E-state index is 0.204. The largest absolute Gasteiger partial charge is 0.452 e. The van der Waals surface area contributed by atoms with Crippen LogP contribution in [0.4, 0.5) is 0 Å². The van der Waals surface area contributed by atoms with Gasteiger partial charge in [0.05, 0.1) is 38.6 Å². The Morgan fingerprint density at radius 2 is 0.783 bits per heavy atom. The molecule has 0 aliphatic carbocycles. The van der Waals surface area contributed by atoms with Gasteiger partial charge in [-0.2, -0.15) is 0 Å². The van der Waals surface area contributed by atoms with Crippen LogP contribution < -0.4 is 5.32 Å². The molecule has 1 N–H and O–H groups in total. The molecule has 7 heteroatoms. The molecule has 388 valence electrons. The molecule has 0 unspecified atom stereocenters. The summed E-state index contributed by atoms with van der Waals surface area (Å²) in [6, 6.07) is 30.0. The Morgan fingerprint density at radius 3 is 1.17 bits per heavy atom. The number of esters is 1. The predicted molar refractivity (Wildman–Crippen MR) is 288 cm³/mol. The fourth-order valence-electron chi connectivity index (χ4n) is 9.43. The van der Waals surface area contributed by atoms with Gasteiger partial charge in [-0.3, -0.25) is 9.59 Å². The first-order chi connectivity index (χ1) is 34.0. The summed E-state index contributed by atoms with van der Waals surface area (Å²) in [6.45, 7) is 7.32. The molecule has 0 aliphatic rings. The molecule has 3 rings (SSSR count). The lowest BCUT2D eigenvalue weighted by atomic mass is 9.98. The highest BCUT2D eigenvalue weighted by Gasteiger charge is 2.35. The van der Waals surface area contributed by atoms with Crippen molar-refractivity contribution in [1.29, 1.82) is 0 Å². The average molecular weight is 954 g/mol. The Morgan fingerprint density at radius 1 is 0.435 bits per heavy atom. The van der Waals surface area contributed by atoms with E-state index in [4.69, 9.17) is 18.9 Å². The third kappa shape index (κ3) is 31.4. The van der Waals surface area contributed by atoms with E-state index in [1.165, 1.54) is 161 Å². The molecule has 0 bridgehead atoms. The normalized spacial score (nSPS) is 13.2. The zero-order valence-corrected chi connectivity index (χ0v) is 44.2. The van der Waals surface area contributed by atoms with Crippen LogP contribution in [0.15, 0.2) is 91.0 Å². The van der Waals surface area contributed by atoms with Gasteiger partial charge in [-0.1, -0.05) is 285 Å². The highest BCUT2D eigenvalue weighted by Crippen LogP contribution is 2.23. The highest BCUT2D eigenvalue weighted by atomic mass is 16.6. The van der Waals surface area contributed by atoms with Crippen molar-refractivity contribution < 1.29 is 28.5 Å². The maximum Gasteiger partial charge on any atom is 0.303 e. The van der Waals surface area contributed by atoms with Gasteiger partial charge in [0.15, 0.2) is 6.10 Å². The number of unbranched alkanes of at least 4 members (excludes halogenated alkanes) is 27. The average Bonchev–Trinajstić information content (AvgIpc) is 3.36. The lowest BCUT2D eigenvalue weighted by Gasteiger charge is -2.35. The zero-order valence-electron chi connectivity index (χ0n) is 44.2. The van der Waals surface area contributed by atoms with Crippen molar-refractivity contribution in [3.05, 3.63) is 108 Å². The van der Waals surface area contributed by atoms with Crippen LogP contribution in [0, 0.1) is 0 Å². The van der Waals surface area contributed by atoms with Gasteiger partial charge in [-0.05, 0) is 36.0 Å². The Bertz CT molecular complexity index is 1600. The van der Waals surface area contributed by atoms with Crippen LogP contribution in [0.25, 0.3) is 0 Å².